The average Bonchev–Trinajstić information content (AvgIpc) is 2.73. The molecule has 17 heavy (non-hydrogen) atoms. The van der Waals surface area contributed by atoms with Crippen LogP contribution in [0.25, 0.3) is 0 Å². The summed E-state index contributed by atoms with van der Waals surface area (Å²) in [6, 6.07) is 2.53. The van der Waals surface area contributed by atoms with Crippen molar-refractivity contribution in [2.45, 2.75) is 39.8 Å². The van der Waals surface area contributed by atoms with Crippen molar-refractivity contribution in [1.82, 2.24) is 10.2 Å². The Balaban J connectivity index is 2.38. The second-order valence-electron chi connectivity index (χ2n) is 4.51. The quantitative estimate of drug-likeness (QED) is 0.844. The Labute approximate surface area is 108 Å². The van der Waals surface area contributed by atoms with Crippen molar-refractivity contribution in [3.63, 3.8) is 0 Å². The van der Waals surface area contributed by atoms with Crippen molar-refractivity contribution in [3.8, 4) is 0 Å². The van der Waals surface area contributed by atoms with E-state index < -0.39 is 0 Å². The standard InChI is InChI=1S/C13H22N2OS/c1-5-11-6-7-17-12(11)8-14-13(16)9-15(4)10(2)3/h6-7,10H,5,8-9H2,1-4H3,(H,14,16). The van der Waals surface area contributed by atoms with Gasteiger partial charge in [0.1, 0.15) is 0 Å². The summed E-state index contributed by atoms with van der Waals surface area (Å²) >= 11 is 1.71. The predicted octanol–water partition coefficient (Wildman–Crippen LogP) is 2.27. The van der Waals surface area contributed by atoms with Gasteiger partial charge in [-0.05, 0) is 44.3 Å². The first-order chi connectivity index (χ1) is 8.04. The number of carbonyl (C=O) groups excluding carboxylic acids is 1. The third kappa shape index (κ3) is 4.48. The van der Waals surface area contributed by atoms with Gasteiger partial charge in [-0.1, -0.05) is 6.92 Å². The van der Waals surface area contributed by atoms with Crippen LogP contribution in [-0.2, 0) is 17.8 Å². The summed E-state index contributed by atoms with van der Waals surface area (Å²) in [5.74, 6) is 0.0941. The molecule has 0 fully saturated rings. The summed E-state index contributed by atoms with van der Waals surface area (Å²) in [4.78, 5) is 15.0. The lowest BCUT2D eigenvalue weighted by Gasteiger charge is -2.20. The molecule has 0 unspecified atom stereocenters. The summed E-state index contributed by atoms with van der Waals surface area (Å²) in [6.07, 6.45) is 1.03. The van der Waals surface area contributed by atoms with E-state index >= 15 is 0 Å². The van der Waals surface area contributed by atoms with E-state index in [-0.39, 0.29) is 5.91 Å². The van der Waals surface area contributed by atoms with E-state index in [4.69, 9.17) is 0 Å². The van der Waals surface area contributed by atoms with E-state index in [0.29, 0.717) is 19.1 Å². The zero-order chi connectivity index (χ0) is 12.8. The number of hydrogen-bond donors (Lipinski definition) is 1. The molecule has 0 saturated heterocycles. The number of nitrogens with one attached hydrogen (secondary N) is 1. The summed E-state index contributed by atoms with van der Waals surface area (Å²) < 4.78 is 0. The molecule has 0 aromatic carbocycles. The third-order valence-corrected chi connectivity index (χ3v) is 3.90. The smallest absolute Gasteiger partial charge is 0.234 e. The highest BCUT2D eigenvalue weighted by atomic mass is 32.1. The molecular weight excluding hydrogens is 232 g/mol. The van der Waals surface area contributed by atoms with E-state index in [1.807, 2.05) is 11.9 Å². The molecule has 0 aliphatic rings. The number of aryl methyl sites for hydroxylation is 1. The van der Waals surface area contributed by atoms with Crippen LogP contribution < -0.4 is 5.32 Å². The van der Waals surface area contributed by atoms with Gasteiger partial charge in [0.15, 0.2) is 0 Å². The number of nitrogens with zero attached hydrogens (tertiary/aromatic N) is 1. The van der Waals surface area contributed by atoms with Crippen molar-refractivity contribution in [2.24, 2.45) is 0 Å². The van der Waals surface area contributed by atoms with Gasteiger partial charge in [-0.3, -0.25) is 9.69 Å². The van der Waals surface area contributed by atoms with Gasteiger partial charge in [0, 0.05) is 10.9 Å². The average molecular weight is 254 g/mol. The number of hydrogen-bond acceptors (Lipinski definition) is 3. The molecule has 0 atom stereocenters. The highest BCUT2D eigenvalue weighted by Crippen LogP contribution is 2.16. The fourth-order valence-corrected chi connectivity index (χ4v) is 2.40. The molecule has 1 N–H and O–H groups in total. The summed E-state index contributed by atoms with van der Waals surface area (Å²) in [5.41, 5.74) is 1.34. The maximum atomic E-state index is 11.7. The Kier molecular flexibility index (Phi) is 5.65. The van der Waals surface area contributed by atoms with Gasteiger partial charge in [0.2, 0.25) is 5.91 Å². The van der Waals surface area contributed by atoms with E-state index in [0.717, 1.165) is 6.42 Å². The van der Waals surface area contributed by atoms with Crippen molar-refractivity contribution in [3.05, 3.63) is 21.9 Å². The van der Waals surface area contributed by atoms with Crippen molar-refractivity contribution >= 4 is 17.2 Å². The number of carbonyl (C=O) groups is 1. The second kappa shape index (κ2) is 6.77. The molecule has 1 amide bonds. The van der Waals surface area contributed by atoms with Crippen LogP contribution in [-0.4, -0.2) is 30.4 Å². The molecule has 0 aliphatic heterocycles. The molecule has 96 valence electrons. The van der Waals surface area contributed by atoms with E-state index in [1.54, 1.807) is 11.3 Å². The van der Waals surface area contributed by atoms with Gasteiger partial charge in [-0.2, -0.15) is 0 Å². The van der Waals surface area contributed by atoms with Crippen LogP contribution in [0.1, 0.15) is 31.2 Å². The number of thiophene rings is 1. The van der Waals surface area contributed by atoms with Crippen LogP contribution in [0.15, 0.2) is 11.4 Å². The minimum atomic E-state index is 0.0941. The molecule has 1 rings (SSSR count). The number of rotatable bonds is 6. The van der Waals surface area contributed by atoms with Crippen LogP contribution >= 0.6 is 11.3 Å². The normalized spacial score (nSPS) is 11.2. The fourth-order valence-electron chi connectivity index (χ4n) is 1.48. The molecule has 4 heteroatoms. The van der Waals surface area contributed by atoms with Crippen LogP contribution in [0.5, 0.6) is 0 Å². The third-order valence-electron chi connectivity index (χ3n) is 2.94. The lowest BCUT2D eigenvalue weighted by molar-refractivity contribution is -0.122. The fraction of sp³-hybridized carbons (Fsp3) is 0.615. The minimum Gasteiger partial charge on any atom is -0.350 e. The van der Waals surface area contributed by atoms with Gasteiger partial charge in [-0.15, -0.1) is 11.3 Å². The van der Waals surface area contributed by atoms with E-state index in [1.165, 1.54) is 10.4 Å². The molecule has 1 heterocycles. The Bertz CT molecular complexity index is 360. The highest BCUT2D eigenvalue weighted by Gasteiger charge is 2.10. The van der Waals surface area contributed by atoms with Crippen molar-refractivity contribution in [2.75, 3.05) is 13.6 Å². The van der Waals surface area contributed by atoms with Crippen LogP contribution in [0.2, 0.25) is 0 Å². The minimum absolute atomic E-state index is 0.0941. The summed E-state index contributed by atoms with van der Waals surface area (Å²) in [7, 11) is 1.97. The molecule has 1 aromatic rings. The Hall–Kier alpha value is -0.870. The van der Waals surface area contributed by atoms with Crippen LogP contribution in [0.4, 0.5) is 0 Å². The lowest BCUT2D eigenvalue weighted by Crippen LogP contribution is -2.38. The predicted molar refractivity (Wildman–Crippen MR) is 73.3 cm³/mol. The molecular formula is C13H22N2OS. The highest BCUT2D eigenvalue weighted by molar-refractivity contribution is 7.10. The maximum Gasteiger partial charge on any atom is 0.234 e. The topological polar surface area (TPSA) is 32.3 Å². The van der Waals surface area contributed by atoms with Crippen LogP contribution in [0, 0.1) is 0 Å². The molecule has 0 radical (unpaired) electrons. The van der Waals surface area contributed by atoms with E-state index in [2.05, 4.69) is 37.5 Å². The first kappa shape index (κ1) is 14.2. The molecule has 0 aliphatic carbocycles. The summed E-state index contributed by atoms with van der Waals surface area (Å²) in [6.45, 7) is 7.43. The molecule has 1 aromatic heterocycles. The summed E-state index contributed by atoms with van der Waals surface area (Å²) in [5, 5.41) is 5.06. The van der Waals surface area contributed by atoms with Gasteiger partial charge in [0.25, 0.3) is 0 Å². The first-order valence-electron chi connectivity index (χ1n) is 6.06. The molecule has 0 saturated carbocycles. The van der Waals surface area contributed by atoms with E-state index in [9.17, 15) is 4.79 Å². The van der Waals surface area contributed by atoms with Gasteiger partial charge < -0.3 is 5.32 Å². The number of amides is 1. The lowest BCUT2D eigenvalue weighted by atomic mass is 10.2. The molecule has 0 bridgehead atoms. The molecule has 3 nitrogen and oxygen atoms in total. The zero-order valence-corrected chi connectivity index (χ0v) is 11.9. The number of likely N-dealkylation sites (N-methyl/N-ethyl adjacent to an activating group) is 1. The monoisotopic (exact) mass is 254 g/mol. The Morgan fingerprint density at radius 1 is 1.53 bits per heavy atom. The van der Waals surface area contributed by atoms with Gasteiger partial charge in [0.05, 0.1) is 13.1 Å². The maximum absolute atomic E-state index is 11.7. The SMILES string of the molecule is CCc1ccsc1CNC(=O)CN(C)C(C)C. The zero-order valence-electron chi connectivity index (χ0n) is 11.1. The molecule has 0 spiro atoms. The Morgan fingerprint density at radius 3 is 2.82 bits per heavy atom. The largest absolute Gasteiger partial charge is 0.350 e. The van der Waals surface area contributed by atoms with Gasteiger partial charge in [-0.25, -0.2) is 0 Å². The van der Waals surface area contributed by atoms with Gasteiger partial charge >= 0.3 is 0 Å². The van der Waals surface area contributed by atoms with Crippen LogP contribution in [0.3, 0.4) is 0 Å². The first-order valence-corrected chi connectivity index (χ1v) is 6.94. The van der Waals surface area contributed by atoms with Crippen molar-refractivity contribution < 1.29 is 4.79 Å². The Morgan fingerprint density at radius 2 is 2.24 bits per heavy atom. The second-order valence-corrected chi connectivity index (χ2v) is 5.51. The van der Waals surface area contributed by atoms with Crippen molar-refractivity contribution in [1.29, 1.82) is 0 Å².